The van der Waals surface area contributed by atoms with E-state index in [9.17, 15) is 0 Å². The molecule has 5 nitrogen and oxygen atoms in total. The molecule has 0 radical (unpaired) electrons. The van der Waals surface area contributed by atoms with Gasteiger partial charge in [0.25, 0.3) is 0 Å². The Hall–Kier alpha value is -1.50. The minimum absolute atomic E-state index is 0.427. The van der Waals surface area contributed by atoms with Crippen molar-refractivity contribution < 1.29 is 4.74 Å². The molecule has 1 aliphatic heterocycles. The lowest BCUT2D eigenvalue weighted by atomic mass is 10.2. The number of ether oxygens (including phenoxy) is 1. The molecule has 0 aromatic carbocycles. The average molecular weight is 347 g/mol. The van der Waals surface area contributed by atoms with Gasteiger partial charge < -0.3 is 4.74 Å². The van der Waals surface area contributed by atoms with Crippen molar-refractivity contribution in [3.8, 4) is 6.01 Å². The van der Waals surface area contributed by atoms with Gasteiger partial charge in [-0.2, -0.15) is 0 Å². The van der Waals surface area contributed by atoms with E-state index in [2.05, 4.69) is 44.2 Å². The summed E-state index contributed by atoms with van der Waals surface area (Å²) in [6.07, 6.45) is 6.36. The van der Waals surface area contributed by atoms with Gasteiger partial charge in [0.15, 0.2) is 0 Å². The SMILES string of the molecule is CCN1CCC[C@H]1CN(Cc1cnc(OC)nc1)Cc1cccs1. The van der Waals surface area contributed by atoms with Crippen molar-refractivity contribution in [3.05, 3.63) is 40.3 Å². The van der Waals surface area contributed by atoms with Crippen molar-refractivity contribution in [3.63, 3.8) is 0 Å². The number of thiophene rings is 1. The molecule has 0 aliphatic carbocycles. The van der Waals surface area contributed by atoms with E-state index in [0.717, 1.165) is 31.7 Å². The Morgan fingerprint density at radius 3 is 2.83 bits per heavy atom. The first-order valence-corrected chi connectivity index (χ1v) is 9.50. The molecule has 3 heterocycles. The summed E-state index contributed by atoms with van der Waals surface area (Å²) >= 11 is 1.83. The van der Waals surface area contributed by atoms with Gasteiger partial charge in [-0.25, -0.2) is 9.97 Å². The topological polar surface area (TPSA) is 41.5 Å². The second-order valence-electron chi connectivity index (χ2n) is 6.25. The summed E-state index contributed by atoms with van der Waals surface area (Å²) in [5.74, 6) is 0. The van der Waals surface area contributed by atoms with Crippen molar-refractivity contribution in [1.29, 1.82) is 0 Å². The second-order valence-corrected chi connectivity index (χ2v) is 7.28. The van der Waals surface area contributed by atoms with Gasteiger partial charge in [0.1, 0.15) is 0 Å². The molecule has 1 atom stereocenters. The van der Waals surface area contributed by atoms with Crippen LogP contribution < -0.4 is 4.74 Å². The second kappa shape index (κ2) is 8.55. The maximum atomic E-state index is 5.05. The highest BCUT2D eigenvalue weighted by molar-refractivity contribution is 7.09. The average Bonchev–Trinajstić information content (AvgIpc) is 3.27. The fourth-order valence-electron chi connectivity index (χ4n) is 3.41. The summed E-state index contributed by atoms with van der Waals surface area (Å²) in [5.41, 5.74) is 1.13. The summed E-state index contributed by atoms with van der Waals surface area (Å²) in [6.45, 7) is 7.59. The zero-order valence-electron chi connectivity index (χ0n) is 14.5. The van der Waals surface area contributed by atoms with Crippen LogP contribution in [0.4, 0.5) is 0 Å². The van der Waals surface area contributed by atoms with E-state index in [1.165, 1.54) is 24.3 Å². The van der Waals surface area contributed by atoms with E-state index in [1.54, 1.807) is 7.11 Å². The van der Waals surface area contributed by atoms with Crippen LogP contribution in [0.5, 0.6) is 6.01 Å². The van der Waals surface area contributed by atoms with E-state index >= 15 is 0 Å². The Balaban J connectivity index is 1.68. The van der Waals surface area contributed by atoms with E-state index < -0.39 is 0 Å². The van der Waals surface area contributed by atoms with Gasteiger partial charge >= 0.3 is 6.01 Å². The Kier molecular flexibility index (Phi) is 6.18. The van der Waals surface area contributed by atoms with Crippen LogP contribution in [0.1, 0.15) is 30.2 Å². The van der Waals surface area contributed by atoms with Crippen LogP contribution in [0.25, 0.3) is 0 Å². The highest BCUT2D eigenvalue weighted by Gasteiger charge is 2.25. The molecule has 0 unspecified atom stereocenters. The predicted octanol–water partition coefficient (Wildman–Crippen LogP) is 3.03. The molecular weight excluding hydrogens is 320 g/mol. The van der Waals surface area contributed by atoms with Crippen molar-refractivity contribution in [2.75, 3.05) is 26.7 Å². The third kappa shape index (κ3) is 4.53. The number of likely N-dealkylation sites (tertiary alicyclic amines) is 1. The Bertz CT molecular complexity index is 602. The summed E-state index contributed by atoms with van der Waals surface area (Å²) in [6, 6.07) is 5.43. The molecule has 0 spiro atoms. The lowest BCUT2D eigenvalue weighted by Gasteiger charge is -2.30. The molecule has 2 aromatic rings. The summed E-state index contributed by atoms with van der Waals surface area (Å²) in [5, 5.41) is 2.15. The van der Waals surface area contributed by atoms with Gasteiger partial charge in [0.05, 0.1) is 7.11 Å². The van der Waals surface area contributed by atoms with Gasteiger partial charge in [-0.15, -0.1) is 11.3 Å². The minimum atomic E-state index is 0.427. The molecule has 0 N–H and O–H groups in total. The first kappa shape index (κ1) is 17.3. The summed E-state index contributed by atoms with van der Waals surface area (Å²) < 4.78 is 5.05. The first-order chi connectivity index (χ1) is 11.8. The number of nitrogens with zero attached hydrogens (tertiary/aromatic N) is 4. The van der Waals surface area contributed by atoms with Crippen molar-refractivity contribution >= 4 is 11.3 Å². The monoisotopic (exact) mass is 346 g/mol. The minimum Gasteiger partial charge on any atom is -0.467 e. The summed E-state index contributed by atoms with van der Waals surface area (Å²) in [4.78, 5) is 15.0. The lowest BCUT2D eigenvalue weighted by molar-refractivity contribution is 0.166. The Morgan fingerprint density at radius 1 is 1.33 bits per heavy atom. The number of hydrogen-bond acceptors (Lipinski definition) is 6. The largest absolute Gasteiger partial charge is 0.467 e. The molecular formula is C18H26N4OS. The molecule has 1 aliphatic rings. The maximum absolute atomic E-state index is 5.05. The zero-order chi connectivity index (χ0) is 16.8. The van der Waals surface area contributed by atoms with Crippen LogP contribution in [0, 0.1) is 0 Å². The molecule has 0 amide bonds. The van der Waals surface area contributed by atoms with Gasteiger partial charge in [0.2, 0.25) is 0 Å². The fourth-order valence-corrected chi connectivity index (χ4v) is 4.16. The lowest BCUT2D eigenvalue weighted by Crippen LogP contribution is -2.39. The number of methoxy groups -OCH3 is 1. The molecule has 1 saturated heterocycles. The maximum Gasteiger partial charge on any atom is 0.316 e. The number of rotatable bonds is 8. The van der Waals surface area contributed by atoms with Gasteiger partial charge in [0, 0.05) is 48.5 Å². The number of hydrogen-bond donors (Lipinski definition) is 0. The Labute approximate surface area is 148 Å². The standard InChI is InChI=1S/C18H26N4OS/c1-3-22-8-4-6-16(22)13-21(14-17-7-5-9-24-17)12-15-10-19-18(23-2)20-11-15/h5,7,9-11,16H,3-4,6,8,12-14H2,1-2H3/t16-/m0/s1. The molecule has 2 aromatic heterocycles. The zero-order valence-corrected chi connectivity index (χ0v) is 15.3. The highest BCUT2D eigenvalue weighted by atomic mass is 32.1. The number of likely N-dealkylation sites (N-methyl/N-ethyl adjacent to an activating group) is 1. The third-order valence-corrected chi connectivity index (χ3v) is 5.47. The van der Waals surface area contributed by atoms with Crippen LogP contribution in [0.3, 0.4) is 0 Å². The van der Waals surface area contributed by atoms with Gasteiger partial charge in [-0.1, -0.05) is 13.0 Å². The van der Waals surface area contributed by atoms with Gasteiger partial charge in [-0.05, 0) is 37.4 Å². The molecule has 0 saturated carbocycles. The van der Waals surface area contributed by atoms with Crippen LogP contribution in [0.2, 0.25) is 0 Å². The van der Waals surface area contributed by atoms with Crippen molar-refractivity contribution in [2.24, 2.45) is 0 Å². The van der Waals surface area contributed by atoms with Crippen LogP contribution in [-0.4, -0.2) is 52.6 Å². The molecule has 0 bridgehead atoms. The highest BCUT2D eigenvalue weighted by Crippen LogP contribution is 2.21. The van der Waals surface area contributed by atoms with Crippen LogP contribution in [-0.2, 0) is 13.1 Å². The smallest absolute Gasteiger partial charge is 0.316 e. The van der Waals surface area contributed by atoms with Crippen LogP contribution in [0.15, 0.2) is 29.9 Å². The third-order valence-electron chi connectivity index (χ3n) is 4.60. The van der Waals surface area contributed by atoms with Crippen LogP contribution >= 0.6 is 11.3 Å². The van der Waals surface area contributed by atoms with Crippen molar-refractivity contribution in [1.82, 2.24) is 19.8 Å². The number of aromatic nitrogens is 2. The first-order valence-electron chi connectivity index (χ1n) is 8.62. The fraction of sp³-hybridized carbons (Fsp3) is 0.556. The molecule has 1 fully saturated rings. The van der Waals surface area contributed by atoms with Crippen molar-refractivity contribution in [2.45, 2.75) is 38.9 Å². The Morgan fingerprint density at radius 2 is 2.17 bits per heavy atom. The van der Waals surface area contributed by atoms with E-state index in [4.69, 9.17) is 4.74 Å². The summed E-state index contributed by atoms with van der Waals surface area (Å²) in [7, 11) is 1.59. The quantitative estimate of drug-likeness (QED) is 0.735. The predicted molar refractivity (Wildman–Crippen MR) is 97.3 cm³/mol. The van der Waals surface area contributed by atoms with E-state index in [1.807, 2.05) is 23.7 Å². The molecule has 3 rings (SSSR count). The molecule has 6 heteroatoms. The van der Waals surface area contributed by atoms with E-state index in [0.29, 0.717) is 12.1 Å². The normalized spacial score (nSPS) is 18.4. The molecule has 24 heavy (non-hydrogen) atoms. The van der Waals surface area contributed by atoms with E-state index in [-0.39, 0.29) is 0 Å². The molecule has 130 valence electrons. The van der Waals surface area contributed by atoms with Gasteiger partial charge in [-0.3, -0.25) is 9.80 Å².